The lowest BCUT2D eigenvalue weighted by atomic mass is 10.3. The van der Waals surface area contributed by atoms with Crippen molar-refractivity contribution in [2.45, 2.75) is 38.3 Å². The number of fused-ring (bicyclic) bond motifs is 1. The van der Waals surface area contributed by atoms with Gasteiger partial charge in [-0.3, -0.25) is 4.90 Å². The molecule has 1 saturated carbocycles. The van der Waals surface area contributed by atoms with Gasteiger partial charge in [0.2, 0.25) is 0 Å². The number of carbonyl (C=O) groups excluding carboxylic acids is 1. The molecule has 0 spiro atoms. The number of carbonyl (C=O) groups is 1. The lowest BCUT2D eigenvalue weighted by molar-refractivity contribution is 0.249. The van der Waals surface area contributed by atoms with E-state index in [1.54, 1.807) is 29.2 Å². The van der Waals surface area contributed by atoms with Crippen molar-refractivity contribution in [3.05, 3.63) is 45.6 Å². The van der Waals surface area contributed by atoms with Crippen LogP contribution in [0.2, 0.25) is 5.02 Å². The molecule has 2 heterocycles. The molecule has 1 aromatic heterocycles. The molecule has 1 aromatic carbocycles. The number of halogens is 1. The first-order valence-corrected chi connectivity index (χ1v) is 7.81. The quantitative estimate of drug-likeness (QED) is 0.855. The largest absolute Gasteiger partial charge is 0.354 e. The fraction of sp³-hybridized carbons (Fsp3) is 0.400. The van der Waals surface area contributed by atoms with Crippen molar-refractivity contribution in [3.63, 3.8) is 0 Å². The second-order valence-corrected chi connectivity index (χ2v) is 6.20. The van der Waals surface area contributed by atoms with Gasteiger partial charge >= 0.3 is 11.7 Å². The molecule has 0 atom stereocenters. The summed E-state index contributed by atoms with van der Waals surface area (Å²) >= 11 is 5.87. The van der Waals surface area contributed by atoms with E-state index in [0.29, 0.717) is 23.1 Å². The lowest BCUT2D eigenvalue weighted by Gasteiger charge is -2.15. The Bertz CT molecular complexity index is 787. The van der Waals surface area contributed by atoms with Gasteiger partial charge in [-0.05, 0) is 37.1 Å². The Balaban J connectivity index is 1.68. The maximum atomic E-state index is 12.5. The van der Waals surface area contributed by atoms with Crippen LogP contribution in [0.4, 0.5) is 10.5 Å². The SMILES string of the molecule is O=C1N(c2ccc(Cl)cc2)Cc2nn(C3CCCC3)c(=O)n21. The standard InChI is InChI=1S/C15H15ClN4O2/c16-10-5-7-11(8-6-10)18-9-13-17-20(12-3-1-2-4-12)15(22)19(13)14(18)21/h5-8,12H,1-4,9H2. The highest BCUT2D eigenvalue weighted by Gasteiger charge is 2.35. The predicted octanol–water partition coefficient (Wildman–Crippen LogP) is 2.80. The highest BCUT2D eigenvalue weighted by atomic mass is 35.5. The summed E-state index contributed by atoms with van der Waals surface area (Å²) in [5.74, 6) is 0.511. The number of nitrogens with zero attached hydrogens (tertiary/aromatic N) is 4. The van der Waals surface area contributed by atoms with E-state index in [1.807, 2.05) is 0 Å². The molecule has 0 N–H and O–H groups in total. The Morgan fingerprint density at radius 2 is 1.77 bits per heavy atom. The van der Waals surface area contributed by atoms with Gasteiger partial charge in [-0.15, -0.1) is 0 Å². The van der Waals surface area contributed by atoms with Crippen molar-refractivity contribution < 1.29 is 4.79 Å². The molecule has 1 aliphatic heterocycles. The molecule has 4 rings (SSSR count). The van der Waals surface area contributed by atoms with Crippen LogP contribution in [0.25, 0.3) is 0 Å². The summed E-state index contributed by atoms with van der Waals surface area (Å²) in [6.07, 6.45) is 4.16. The summed E-state index contributed by atoms with van der Waals surface area (Å²) in [7, 11) is 0. The van der Waals surface area contributed by atoms with E-state index in [9.17, 15) is 9.59 Å². The van der Waals surface area contributed by atoms with E-state index in [-0.39, 0.29) is 17.8 Å². The summed E-state index contributed by atoms with van der Waals surface area (Å²) in [5.41, 5.74) is 0.398. The number of anilines is 1. The summed E-state index contributed by atoms with van der Waals surface area (Å²) < 4.78 is 2.69. The van der Waals surface area contributed by atoms with Crippen LogP contribution in [0.3, 0.4) is 0 Å². The van der Waals surface area contributed by atoms with Crippen LogP contribution in [-0.2, 0) is 6.54 Å². The van der Waals surface area contributed by atoms with Crippen molar-refractivity contribution in [2.24, 2.45) is 0 Å². The average molecular weight is 319 g/mol. The monoisotopic (exact) mass is 318 g/mol. The van der Waals surface area contributed by atoms with Gasteiger partial charge < -0.3 is 0 Å². The molecule has 1 amide bonds. The number of hydrogen-bond donors (Lipinski definition) is 0. The molecule has 0 saturated heterocycles. The third kappa shape index (κ3) is 1.98. The molecular weight excluding hydrogens is 304 g/mol. The lowest BCUT2D eigenvalue weighted by Crippen LogP contribution is -2.35. The van der Waals surface area contributed by atoms with Gasteiger partial charge in [-0.25, -0.2) is 14.3 Å². The summed E-state index contributed by atoms with van der Waals surface area (Å²) in [6.45, 7) is 0.315. The van der Waals surface area contributed by atoms with Crippen LogP contribution in [0.15, 0.2) is 29.1 Å². The molecule has 2 aromatic rings. The van der Waals surface area contributed by atoms with Crippen molar-refractivity contribution in [3.8, 4) is 0 Å². The fourth-order valence-electron chi connectivity index (χ4n) is 3.26. The van der Waals surface area contributed by atoms with Crippen molar-refractivity contribution in [2.75, 3.05) is 4.90 Å². The van der Waals surface area contributed by atoms with Crippen molar-refractivity contribution >= 4 is 23.3 Å². The van der Waals surface area contributed by atoms with Gasteiger partial charge in [0.05, 0.1) is 12.6 Å². The first-order chi connectivity index (χ1) is 10.6. The van der Waals surface area contributed by atoms with E-state index in [0.717, 1.165) is 25.7 Å². The van der Waals surface area contributed by atoms with Gasteiger partial charge in [0.15, 0.2) is 5.82 Å². The van der Waals surface area contributed by atoms with Crippen LogP contribution in [0.5, 0.6) is 0 Å². The van der Waals surface area contributed by atoms with Crippen molar-refractivity contribution in [1.82, 2.24) is 14.3 Å². The molecule has 6 nitrogen and oxygen atoms in total. The van der Waals surface area contributed by atoms with Gasteiger partial charge in [0, 0.05) is 10.7 Å². The number of aromatic nitrogens is 3. The topological polar surface area (TPSA) is 60.1 Å². The molecule has 1 aliphatic carbocycles. The minimum absolute atomic E-state index is 0.141. The third-order valence-electron chi connectivity index (χ3n) is 4.40. The molecule has 0 unspecified atom stereocenters. The molecule has 0 bridgehead atoms. The Labute approximate surface area is 131 Å². The first kappa shape index (κ1) is 13.6. The Hall–Kier alpha value is -2.08. The first-order valence-electron chi connectivity index (χ1n) is 7.43. The second kappa shape index (κ2) is 4.98. The van der Waals surface area contributed by atoms with E-state index in [2.05, 4.69) is 5.10 Å². The maximum Gasteiger partial charge on any atom is 0.354 e. The minimum Gasteiger partial charge on any atom is -0.286 e. The number of hydrogen-bond acceptors (Lipinski definition) is 3. The zero-order chi connectivity index (χ0) is 15.3. The molecular formula is C15H15ClN4O2. The van der Waals surface area contributed by atoms with E-state index >= 15 is 0 Å². The molecule has 2 aliphatic rings. The van der Waals surface area contributed by atoms with Crippen LogP contribution >= 0.6 is 11.6 Å². The molecule has 114 valence electrons. The fourth-order valence-corrected chi connectivity index (χ4v) is 3.38. The number of amides is 1. The molecule has 22 heavy (non-hydrogen) atoms. The van der Waals surface area contributed by atoms with Gasteiger partial charge in [0.25, 0.3) is 0 Å². The van der Waals surface area contributed by atoms with Crippen LogP contribution < -0.4 is 10.6 Å². The zero-order valence-corrected chi connectivity index (χ0v) is 12.7. The summed E-state index contributed by atoms with van der Waals surface area (Å²) in [4.78, 5) is 26.6. The maximum absolute atomic E-state index is 12.5. The van der Waals surface area contributed by atoms with E-state index in [1.165, 1.54) is 9.25 Å². The third-order valence-corrected chi connectivity index (χ3v) is 4.65. The highest BCUT2D eigenvalue weighted by Crippen LogP contribution is 2.29. The summed E-state index contributed by atoms with van der Waals surface area (Å²) in [5, 5.41) is 5.00. The zero-order valence-electron chi connectivity index (χ0n) is 11.9. The average Bonchev–Trinajstić information content (AvgIpc) is 3.19. The van der Waals surface area contributed by atoms with Gasteiger partial charge in [0.1, 0.15) is 0 Å². The van der Waals surface area contributed by atoms with Gasteiger partial charge in [-0.2, -0.15) is 9.67 Å². The highest BCUT2D eigenvalue weighted by molar-refractivity contribution is 6.30. The molecule has 7 heteroatoms. The smallest absolute Gasteiger partial charge is 0.286 e. The van der Waals surface area contributed by atoms with E-state index in [4.69, 9.17) is 11.6 Å². The predicted molar refractivity (Wildman–Crippen MR) is 82.4 cm³/mol. The van der Waals surface area contributed by atoms with E-state index < -0.39 is 0 Å². The van der Waals surface area contributed by atoms with Gasteiger partial charge in [-0.1, -0.05) is 24.4 Å². The molecule has 1 fully saturated rings. The minimum atomic E-state index is -0.341. The Kier molecular flexibility index (Phi) is 3.07. The number of benzene rings is 1. The summed E-state index contributed by atoms with van der Waals surface area (Å²) in [6, 6.07) is 6.78. The van der Waals surface area contributed by atoms with Crippen LogP contribution in [0.1, 0.15) is 37.5 Å². The Morgan fingerprint density at radius 3 is 2.41 bits per heavy atom. The Morgan fingerprint density at radius 1 is 1.09 bits per heavy atom. The van der Waals surface area contributed by atoms with Crippen molar-refractivity contribution in [1.29, 1.82) is 0 Å². The molecule has 0 radical (unpaired) electrons. The number of rotatable bonds is 2. The van der Waals surface area contributed by atoms with Crippen LogP contribution in [-0.4, -0.2) is 20.4 Å². The normalized spacial score (nSPS) is 18.2. The second-order valence-electron chi connectivity index (χ2n) is 5.76. The van der Waals surface area contributed by atoms with Crippen LogP contribution in [0, 0.1) is 0 Å².